The van der Waals surface area contributed by atoms with E-state index < -0.39 is 0 Å². The maximum Gasteiger partial charge on any atom is 0.191 e. The first-order valence-corrected chi connectivity index (χ1v) is 9.08. The van der Waals surface area contributed by atoms with Gasteiger partial charge in [0.25, 0.3) is 0 Å². The van der Waals surface area contributed by atoms with Crippen LogP contribution < -0.4 is 10.6 Å². The minimum absolute atomic E-state index is 0.689. The first-order chi connectivity index (χ1) is 11.2. The van der Waals surface area contributed by atoms with Crippen LogP contribution in [-0.2, 0) is 6.42 Å². The predicted octanol–water partition coefficient (Wildman–Crippen LogP) is 2.78. The summed E-state index contributed by atoms with van der Waals surface area (Å²) in [5.74, 6) is 1.60. The molecule has 128 valence electrons. The molecule has 2 N–H and O–H groups in total. The van der Waals surface area contributed by atoms with Crippen LogP contribution >= 0.6 is 11.6 Å². The van der Waals surface area contributed by atoms with Crippen LogP contribution in [0.4, 0.5) is 0 Å². The Labute approximate surface area is 145 Å². The van der Waals surface area contributed by atoms with Crippen LogP contribution in [0.1, 0.15) is 25.8 Å². The number of nitrogens with one attached hydrogen (secondary N) is 2. The molecule has 23 heavy (non-hydrogen) atoms. The number of likely N-dealkylation sites (tertiary alicyclic amines) is 1. The molecule has 0 radical (unpaired) electrons. The van der Waals surface area contributed by atoms with E-state index in [0.29, 0.717) is 5.92 Å². The third kappa shape index (κ3) is 6.04. The zero-order valence-electron chi connectivity index (χ0n) is 14.3. The van der Waals surface area contributed by atoms with Crippen LogP contribution in [0.25, 0.3) is 0 Å². The maximum atomic E-state index is 6.20. The molecule has 1 aliphatic rings. The van der Waals surface area contributed by atoms with Gasteiger partial charge in [0.15, 0.2) is 5.96 Å². The van der Waals surface area contributed by atoms with Gasteiger partial charge in [0.1, 0.15) is 0 Å². The lowest BCUT2D eigenvalue weighted by atomic mass is 10.1. The van der Waals surface area contributed by atoms with Crippen molar-refractivity contribution in [1.29, 1.82) is 0 Å². The van der Waals surface area contributed by atoms with Crippen LogP contribution in [0.15, 0.2) is 29.3 Å². The molecule has 1 fully saturated rings. The number of hydrogen-bond acceptors (Lipinski definition) is 2. The summed E-state index contributed by atoms with van der Waals surface area (Å²) in [5.41, 5.74) is 1.17. The van der Waals surface area contributed by atoms with Gasteiger partial charge in [-0.3, -0.25) is 4.99 Å². The van der Waals surface area contributed by atoms with Crippen molar-refractivity contribution in [3.05, 3.63) is 34.9 Å². The Morgan fingerprint density at radius 2 is 2.13 bits per heavy atom. The number of benzene rings is 1. The number of rotatable bonds is 7. The average Bonchev–Trinajstić information content (AvgIpc) is 3.02. The SMILES string of the molecule is CCNC(=NCC1CCN(CC)C1)NCCc1ccccc1Cl. The van der Waals surface area contributed by atoms with Crippen molar-refractivity contribution in [2.75, 3.05) is 39.3 Å². The highest BCUT2D eigenvalue weighted by Gasteiger charge is 2.20. The van der Waals surface area contributed by atoms with E-state index >= 15 is 0 Å². The van der Waals surface area contributed by atoms with Crippen molar-refractivity contribution in [3.63, 3.8) is 0 Å². The summed E-state index contributed by atoms with van der Waals surface area (Å²) in [7, 11) is 0. The third-order valence-corrected chi connectivity index (χ3v) is 4.68. The molecule has 1 atom stereocenters. The molecule has 0 spiro atoms. The molecule has 5 heteroatoms. The monoisotopic (exact) mass is 336 g/mol. The summed E-state index contributed by atoms with van der Waals surface area (Å²) in [5, 5.41) is 7.57. The van der Waals surface area contributed by atoms with Gasteiger partial charge in [-0.2, -0.15) is 0 Å². The summed E-state index contributed by atoms with van der Waals surface area (Å²) in [6.45, 7) is 10.5. The van der Waals surface area contributed by atoms with Crippen LogP contribution in [0, 0.1) is 5.92 Å². The normalized spacial score (nSPS) is 19.1. The fourth-order valence-electron chi connectivity index (χ4n) is 2.93. The van der Waals surface area contributed by atoms with Crippen LogP contribution in [0.5, 0.6) is 0 Å². The summed E-state index contributed by atoms with van der Waals surface area (Å²) < 4.78 is 0. The van der Waals surface area contributed by atoms with E-state index in [1.807, 2.05) is 18.2 Å². The average molecular weight is 337 g/mol. The van der Waals surface area contributed by atoms with Crippen LogP contribution in [-0.4, -0.2) is 50.1 Å². The van der Waals surface area contributed by atoms with E-state index in [2.05, 4.69) is 35.4 Å². The molecule has 0 saturated carbocycles. The Morgan fingerprint density at radius 3 is 2.83 bits per heavy atom. The molecule has 1 aromatic rings. The molecular weight excluding hydrogens is 308 g/mol. The van der Waals surface area contributed by atoms with E-state index in [1.54, 1.807) is 0 Å². The molecule has 1 aromatic carbocycles. The molecule has 0 aromatic heterocycles. The fraction of sp³-hybridized carbons (Fsp3) is 0.611. The molecule has 4 nitrogen and oxygen atoms in total. The number of aliphatic imine (C=N–C) groups is 1. The van der Waals surface area contributed by atoms with Crippen molar-refractivity contribution in [2.24, 2.45) is 10.9 Å². The van der Waals surface area contributed by atoms with Gasteiger partial charge in [-0.25, -0.2) is 0 Å². The standard InChI is InChI=1S/C18H29ClN4/c1-3-20-18(22-13-15-10-12-23(4-2)14-15)21-11-9-16-7-5-6-8-17(16)19/h5-8,15H,3-4,9-14H2,1-2H3,(H2,20,21,22). The second-order valence-corrected chi connectivity index (χ2v) is 6.44. The summed E-state index contributed by atoms with van der Waals surface area (Å²) in [6.07, 6.45) is 2.16. The highest BCUT2D eigenvalue weighted by molar-refractivity contribution is 6.31. The van der Waals surface area contributed by atoms with Crippen molar-refractivity contribution in [1.82, 2.24) is 15.5 Å². The Hall–Kier alpha value is -1.26. The minimum Gasteiger partial charge on any atom is -0.357 e. The zero-order valence-corrected chi connectivity index (χ0v) is 15.1. The molecule has 0 bridgehead atoms. The van der Waals surface area contributed by atoms with Crippen molar-refractivity contribution in [2.45, 2.75) is 26.7 Å². The molecule has 0 aliphatic carbocycles. The number of nitrogens with zero attached hydrogens (tertiary/aromatic N) is 2. The van der Waals surface area contributed by atoms with E-state index in [1.165, 1.54) is 25.1 Å². The van der Waals surface area contributed by atoms with Crippen molar-refractivity contribution >= 4 is 17.6 Å². The Balaban J connectivity index is 1.79. The van der Waals surface area contributed by atoms with Gasteiger partial charge in [0.05, 0.1) is 0 Å². The zero-order chi connectivity index (χ0) is 16.5. The Kier molecular flexibility index (Phi) is 7.69. The van der Waals surface area contributed by atoms with E-state index in [-0.39, 0.29) is 0 Å². The second kappa shape index (κ2) is 9.78. The largest absolute Gasteiger partial charge is 0.357 e. The first-order valence-electron chi connectivity index (χ1n) is 8.70. The lowest BCUT2D eigenvalue weighted by Crippen LogP contribution is -2.38. The number of halogens is 1. The van der Waals surface area contributed by atoms with E-state index in [9.17, 15) is 0 Å². The maximum absolute atomic E-state index is 6.20. The van der Waals surface area contributed by atoms with Crippen molar-refractivity contribution < 1.29 is 0 Å². The lowest BCUT2D eigenvalue weighted by molar-refractivity contribution is 0.343. The Bertz CT molecular complexity index is 504. The van der Waals surface area contributed by atoms with Gasteiger partial charge in [-0.1, -0.05) is 36.7 Å². The molecule has 0 amide bonds. The van der Waals surface area contributed by atoms with Gasteiger partial charge in [-0.15, -0.1) is 0 Å². The first kappa shape index (κ1) is 18.1. The molecule has 1 heterocycles. The predicted molar refractivity (Wildman–Crippen MR) is 99.4 cm³/mol. The van der Waals surface area contributed by atoms with Gasteiger partial charge in [-0.05, 0) is 50.4 Å². The third-order valence-electron chi connectivity index (χ3n) is 4.31. The molecule has 1 saturated heterocycles. The summed E-state index contributed by atoms with van der Waals surface area (Å²) >= 11 is 6.20. The molecule has 1 unspecified atom stereocenters. The number of hydrogen-bond donors (Lipinski definition) is 2. The molecule has 2 rings (SSSR count). The quantitative estimate of drug-likeness (QED) is 0.594. The van der Waals surface area contributed by atoms with Crippen molar-refractivity contribution in [3.8, 4) is 0 Å². The van der Waals surface area contributed by atoms with Gasteiger partial charge in [0, 0.05) is 31.2 Å². The smallest absolute Gasteiger partial charge is 0.191 e. The second-order valence-electron chi connectivity index (χ2n) is 6.04. The van der Waals surface area contributed by atoms with Crippen LogP contribution in [0.2, 0.25) is 5.02 Å². The highest BCUT2D eigenvalue weighted by Crippen LogP contribution is 2.16. The van der Waals surface area contributed by atoms with Gasteiger partial charge >= 0.3 is 0 Å². The lowest BCUT2D eigenvalue weighted by Gasteiger charge is -2.14. The van der Waals surface area contributed by atoms with E-state index in [4.69, 9.17) is 16.6 Å². The Morgan fingerprint density at radius 1 is 1.30 bits per heavy atom. The van der Waals surface area contributed by atoms with Crippen LogP contribution in [0.3, 0.4) is 0 Å². The minimum atomic E-state index is 0.689. The topological polar surface area (TPSA) is 39.7 Å². The van der Waals surface area contributed by atoms with Gasteiger partial charge in [0.2, 0.25) is 0 Å². The van der Waals surface area contributed by atoms with E-state index in [0.717, 1.165) is 43.6 Å². The summed E-state index contributed by atoms with van der Waals surface area (Å²) in [6, 6.07) is 8.01. The molecule has 1 aliphatic heterocycles. The molecular formula is C18H29ClN4. The number of guanidine groups is 1. The van der Waals surface area contributed by atoms with Gasteiger partial charge < -0.3 is 15.5 Å². The highest BCUT2D eigenvalue weighted by atomic mass is 35.5. The fourth-order valence-corrected chi connectivity index (χ4v) is 3.16. The summed E-state index contributed by atoms with van der Waals surface area (Å²) in [4.78, 5) is 7.25.